The lowest BCUT2D eigenvalue weighted by molar-refractivity contribution is -0.0362. The number of fused-ring (bicyclic) bond motifs is 2. The van der Waals surface area contributed by atoms with Gasteiger partial charge >= 0.3 is 6.01 Å². The molecule has 37 heavy (non-hydrogen) atoms. The summed E-state index contributed by atoms with van der Waals surface area (Å²) in [6, 6.07) is 10.2. The number of rotatable bonds is 5. The number of anilines is 2. The summed E-state index contributed by atoms with van der Waals surface area (Å²) in [5.74, 6) is 0.623. The third-order valence-corrected chi connectivity index (χ3v) is 8.86. The highest BCUT2D eigenvalue weighted by Crippen LogP contribution is 2.38. The third kappa shape index (κ3) is 4.19. The monoisotopic (exact) mass is 522 g/mol. The lowest BCUT2D eigenvalue weighted by Gasteiger charge is -2.47. The van der Waals surface area contributed by atoms with Crippen LogP contribution in [0.2, 0.25) is 5.02 Å². The van der Waals surface area contributed by atoms with E-state index in [-0.39, 0.29) is 11.1 Å². The molecule has 7 rings (SSSR count). The van der Waals surface area contributed by atoms with Gasteiger partial charge in [-0.25, -0.2) is 4.39 Å². The molecule has 1 saturated carbocycles. The molecule has 4 heterocycles. The Bertz CT molecular complexity index is 1330. The maximum atomic E-state index is 14.4. The van der Waals surface area contributed by atoms with Crippen LogP contribution in [0.4, 0.5) is 15.9 Å². The van der Waals surface area contributed by atoms with Gasteiger partial charge in [0.25, 0.3) is 0 Å². The number of halogens is 2. The summed E-state index contributed by atoms with van der Waals surface area (Å²) >= 11 is 6.47. The zero-order valence-corrected chi connectivity index (χ0v) is 21.7. The Morgan fingerprint density at radius 3 is 2.59 bits per heavy atom. The Kier molecular flexibility index (Phi) is 6.06. The van der Waals surface area contributed by atoms with Crippen LogP contribution in [-0.2, 0) is 13.0 Å². The van der Waals surface area contributed by atoms with Crippen LogP contribution in [0.25, 0.3) is 10.8 Å². The van der Waals surface area contributed by atoms with E-state index in [9.17, 15) is 4.39 Å². The number of benzene rings is 2. The van der Waals surface area contributed by atoms with Crippen LogP contribution < -0.4 is 19.9 Å². The van der Waals surface area contributed by atoms with E-state index in [2.05, 4.69) is 20.0 Å². The van der Waals surface area contributed by atoms with Gasteiger partial charge < -0.3 is 19.9 Å². The second-order valence-corrected chi connectivity index (χ2v) is 11.0. The van der Waals surface area contributed by atoms with Crippen molar-refractivity contribution >= 4 is 33.9 Å². The Morgan fingerprint density at radius 2 is 1.84 bits per heavy atom. The predicted molar refractivity (Wildman–Crippen MR) is 144 cm³/mol. The Labute approximate surface area is 221 Å². The zero-order chi connectivity index (χ0) is 24.9. The van der Waals surface area contributed by atoms with E-state index in [1.807, 2.05) is 18.2 Å². The van der Waals surface area contributed by atoms with Crippen LogP contribution in [0, 0.1) is 5.82 Å². The van der Waals surface area contributed by atoms with Gasteiger partial charge in [0.2, 0.25) is 0 Å². The fourth-order valence-corrected chi connectivity index (χ4v) is 6.42. The second-order valence-electron chi connectivity index (χ2n) is 10.6. The van der Waals surface area contributed by atoms with Gasteiger partial charge in [0.1, 0.15) is 17.7 Å². The Balaban J connectivity index is 1.23. The van der Waals surface area contributed by atoms with Gasteiger partial charge in [-0.15, -0.1) is 0 Å². The van der Waals surface area contributed by atoms with E-state index >= 15 is 0 Å². The quantitative estimate of drug-likeness (QED) is 0.543. The third-order valence-electron chi connectivity index (χ3n) is 8.49. The molecule has 1 aromatic heterocycles. The van der Waals surface area contributed by atoms with E-state index in [4.69, 9.17) is 26.3 Å². The lowest BCUT2D eigenvalue weighted by atomic mass is 9.86. The van der Waals surface area contributed by atoms with Gasteiger partial charge in [-0.05, 0) is 56.3 Å². The standard InChI is InChI=1S/C28H32ClFN6O/c29-26-20(30)6-5-18-3-1-4-23(25(18)26)36-14-9-19-21(17-36)32-28(33-27(19)35-15-10-31-11-16-35)37-24-8-7-22(24)34-12-2-13-34/h1,3-6,22,24,31H,2,7-17H2. The summed E-state index contributed by atoms with van der Waals surface area (Å²) in [5.41, 5.74) is 3.14. The molecule has 3 aromatic rings. The first kappa shape index (κ1) is 23.4. The molecule has 7 nitrogen and oxygen atoms in total. The van der Waals surface area contributed by atoms with Crippen molar-refractivity contribution in [2.45, 2.75) is 44.4 Å². The molecular weight excluding hydrogens is 491 g/mol. The molecule has 2 atom stereocenters. The minimum absolute atomic E-state index is 0.161. The number of likely N-dealkylation sites (tertiary alicyclic amines) is 1. The highest BCUT2D eigenvalue weighted by Gasteiger charge is 2.40. The summed E-state index contributed by atoms with van der Waals surface area (Å²) in [7, 11) is 0. The van der Waals surface area contributed by atoms with Crippen molar-refractivity contribution in [3.63, 3.8) is 0 Å². The highest BCUT2D eigenvalue weighted by atomic mass is 35.5. The molecule has 0 radical (unpaired) electrons. The van der Waals surface area contributed by atoms with Crippen molar-refractivity contribution in [2.24, 2.45) is 0 Å². The van der Waals surface area contributed by atoms with Crippen molar-refractivity contribution in [3.05, 3.63) is 52.4 Å². The second kappa shape index (κ2) is 9.57. The topological polar surface area (TPSA) is 56.8 Å². The first-order valence-electron chi connectivity index (χ1n) is 13.5. The maximum Gasteiger partial charge on any atom is 0.319 e. The molecule has 4 aliphatic rings. The number of hydrogen-bond acceptors (Lipinski definition) is 7. The molecule has 0 spiro atoms. The summed E-state index contributed by atoms with van der Waals surface area (Å²) in [5, 5.41) is 5.31. The Morgan fingerprint density at radius 1 is 0.973 bits per heavy atom. The highest BCUT2D eigenvalue weighted by molar-refractivity contribution is 6.36. The van der Waals surface area contributed by atoms with Gasteiger partial charge in [-0.3, -0.25) is 4.90 Å². The zero-order valence-electron chi connectivity index (χ0n) is 20.9. The van der Waals surface area contributed by atoms with E-state index < -0.39 is 5.82 Å². The normalized spacial score (nSPS) is 23.9. The fourth-order valence-electron chi connectivity index (χ4n) is 6.15. The number of hydrogen-bond donors (Lipinski definition) is 1. The first-order chi connectivity index (χ1) is 18.2. The van der Waals surface area contributed by atoms with Crippen LogP contribution in [0.15, 0.2) is 30.3 Å². The number of aromatic nitrogens is 2. The largest absolute Gasteiger partial charge is 0.458 e. The molecule has 3 aliphatic heterocycles. The van der Waals surface area contributed by atoms with E-state index in [1.165, 1.54) is 37.6 Å². The van der Waals surface area contributed by atoms with Crippen molar-refractivity contribution in [1.29, 1.82) is 0 Å². The number of nitrogens with one attached hydrogen (secondary N) is 1. The predicted octanol–water partition coefficient (Wildman–Crippen LogP) is 4.01. The minimum atomic E-state index is -0.393. The van der Waals surface area contributed by atoms with Crippen molar-refractivity contribution in [3.8, 4) is 6.01 Å². The molecule has 0 bridgehead atoms. The van der Waals surface area contributed by atoms with Crippen molar-refractivity contribution in [2.75, 3.05) is 55.6 Å². The SMILES string of the molecule is Fc1ccc2cccc(N3CCc4c(nc(OC5CCC5N5CCC5)nc4N4CCNCC4)C3)c2c1Cl. The van der Waals surface area contributed by atoms with Gasteiger partial charge in [0.15, 0.2) is 0 Å². The van der Waals surface area contributed by atoms with Crippen LogP contribution >= 0.6 is 11.6 Å². The summed E-state index contributed by atoms with van der Waals surface area (Å²) in [4.78, 5) is 17.1. The van der Waals surface area contributed by atoms with Crippen LogP contribution in [-0.4, -0.2) is 72.8 Å². The van der Waals surface area contributed by atoms with Gasteiger partial charge in [0.05, 0.1) is 17.3 Å². The molecule has 0 amide bonds. The fraction of sp³-hybridized carbons (Fsp3) is 0.500. The van der Waals surface area contributed by atoms with Gasteiger partial charge in [0, 0.05) is 55.4 Å². The minimum Gasteiger partial charge on any atom is -0.458 e. The van der Waals surface area contributed by atoms with E-state index in [0.29, 0.717) is 18.6 Å². The Hall–Kier alpha value is -2.68. The van der Waals surface area contributed by atoms with Crippen molar-refractivity contribution < 1.29 is 9.13 Å². The first-order valence-corrected chi connectivity index (χ1v) is 13.9. The van der Waals surface area contributed by atoms with Crippen LogP contribution in [0.1, 0.15) is 30.5 Å². The molecule has 3 fully saturated rings. The average Bonchev–Trinajstić information content (AvgIpc) is 2.90. The molecular formula is C28H32ClFN6O. The lowest BCUT2D eigenvalue weighted by Crippen LogP contribution is -2.57. The van der Waals surface area contributed by atoms with Crippen molar-refractivity contribution in [1.82, 2.24) is 20.2 Å². The number of ether oxygens (including phenoxy) is 1. The summed E-state index contributed by atoms with van der Waals surface area (Å²) < 4.78 is 20.9. The van der Waals surface area contributed by atoms with Gasteiger partial charge in [-0.1, -0.05) is 29.8 Å². The molecule has 1 N–H and O–H groups in total. The van der Waals surface area contributed by atoms with Gasteiger partial charge in [-0.2, -0.15) is 9.97 Å². The van der Waals surface area contributed by atoms with Crippen LogP contribution in [0.3, 0.4) is 0 Å². The van der Waals surface area contributed by atoms with E-state index in [1.54, 1.807) is 6.07 Å². The molecule has 9 heteroatoms. The maximum absolute atomic E-state index is 14.4. The molecule has 1 aliphatic carbocycles. The molecule has 2 aromatic carbocycles. The number of piperazine rings is 1. The van der Waals surface area contributed by atoms with E-state index in [0.717, 1.165) is 73.5 Å². The molecule has 2 saturated heterocycles. The number of nitrogens with zero attached hydrogens (tertiary/aromatic N) is 5. The smallest absolute Gasteiger partial charge is 0.319 e. The molecule has 2 unspecified atom stereocenters. The average molecular weight is 523 g/mol. The van der Waals surface area contributed by atoms with Crippen LogP contribution in [0.5, 0.6) is 6.01 Å². The molecule has 194 valence electrons. The summed E-state index contributed by atoms with van der Waals surface area (Å²) in [6.45, 7) is 7.48. The summed E-state index contributed by atoms with van der Waals surface area (Å²) in [6.07, 6.45) is 4.50.